The molecular weight excluding hydrogens is 222 g/mol. The summed E-state index contributed by atoms with van der Waals surface area (Å²) in [5.41, 5.74) is 2.16. The van der Waals surface area contributed by atoms with Crippen LogP contribution < -0.4 is 0 Å². The maximum atomic E-state index is 10.2. The second-order valence-corrected chi connectivity index (χ2v) is 4.32. The lowest BCUT2D eigenvalue weighted by molar-refractivity contribution is 0.121. The van der Waals surface area contributed by atoms with Crippen molar-refractivity contribution in [3.63, 3.8) is 0 Å². The van der Waals surface area contributed by atoms with Crippen molar-refractivity contribution < 1.29 is 5.11 Å². The molecule has 98 valence electrons. The molecule has 0 aliphatic carbocycles. The first-order valence-electron chi connectivity index (χ1n) is 6.71. The Morgan fingerprint density at radius 1 is 1.22 bits per heavy atom. The highest BCUT2D eigenvalue weighted by molar-refractivity contribution is 5.88. The topological polar surface area (TPSA) is 32.6 Å². The van der Waals surface area contributed by atoms with Crippen LogP contribution in [0.4, 0.5) is 0 Å². The van der Waals surface area contributed by atoms with Gasteiger partial charge in [-0.3, -0.25) is 4.99 Å². The van der Waals surface area contributed by atoms with Crippen molar-refractivity contribution in [2.24, 2.45) is 10.9 Å². The average molecular weight is 245 g/mol. The Morgan fingerprint density at radius 3 is 2.44 bits per heavy atom. The van der Waals surface area contributed by atoms with Gasteiger partial charge in [0.2, 0.25) is 0 Å². The molecule has 0 radical (unpaired) electrons. The average Bonchev–Trinajstić information content (AvgIpc) is 2.94. The molecule has 2 rings (SSSR count). The summed E-state index contributed by atoms with van der Waals surface area (Å²) in [6, 6.07) is 9.82. The van der Waals surface area contributed by atoms with E-state index in [9.17, 15) is 5.11 Å². The Hall–Kier alpha value is -1.41. The Labute approximate surface area is 110 Å². The van der Waals surface area contributed by atoms with Crippen LogP contribution in [0.25, 0.3) is 0 Å². The van der Waals surface area contributed by atoms with Crippen molar-refractivity contribution in [3.8, 4) is 0 Å². The van der Waals surface area contributed by atoms with Crippen molar-refractivity contribution in [1.29, 1.82) is 0 Å². The van der Waals surface area contributed by atoms with Crippen molar-refractivity contribution in [3.05, 3.63) is 48.2 Å². The lowest BCUT2D eigenvalue weighted by atomic mass is 9.92. The van der Waals surface area contributed by atoms with Crippen LogP contribution in [-0.4, -0.2) is 10.8 Å². The summed E-state index contributed by atoms with van der Waals surface area (Å²) in [5.74, 6) is 0.209. The zero-order valence-corrected chi connectivity index (χ0v) is 11.5. The number of hydrogen-bond donors (Lipinski definition) is 1. The molecule has 0 aromatic heterocycles. The summed E-state index contributed by atoms with van der Waals surface area (Å²) in [6.07, 6.45) is 5.30. The fraction of sp³-hybridized carbons (Fsp3) is 0.438. The summed E-state index contributed by atoms with van der Waals surface area (Å²) in [4.78, 5) is 4.28. The second kappa shape index (κ2) is 7.83. The minimum atomic E-state index is -0.399. The smallest absolute Gasteiger partial charge is 0.0819 e. The van der Waals surface area contributed by atoms with Crippen molar-refractivity contribution in [1.82, 2.24) is 0 Å². The molecule has 2 heteroatoms. The van der Waals surface area contributed by atoms with Crippen LogP contribution in [0.15, 0.2) is 47.6 Å². The number of benzene rings is 1. The summed E-state index contributed by atoms with van der Waals surface area (Å²) in [7, 11) is 0. The summed E-state index contributed by atoms with van der Waals surface area (Å²) < 4.78 is 0. The van der Waals surface area contributed by atoms with E-state index in [1.54, 1.807) is 0 Å². The van der Waals surface area contributed by atoms with E-state index in [-0.39, 0.29) is 5.92 Å². The van der Waals surface area contributed by atoms with Crippen LogP contribution in [0.2, 0.25) is 0 Å². The van der Waals surface area contributed by atoms with Gasteiger partial charge in [0.25, 0.3) is 0 Å². The molecule has 0 saturated heterocycles. The first-order chi connectivity index (χ1) is 8.77. The quantitative estimate of drug-likeness (QED) is 0.850. The molecule has 1 aromatic carbocycles. The highest BCUT2D eigenvalue weighted by atomic mass is 16.3. The predicted molar refractivity (Wildman–Crippen MR) is 77.7 cm³/mol. The van der Waals surface area contributed by atoms with Gasteiger partial charge in [-0.25, -0.2) is 0 Å². The van der Waals surface area contributed by atoms with Crippen LogP contribution in [0.1, 0.15) is 45.3 Å². The molecule has 2 nitrogen and oxygen atoms in total. The normalized spacial score (nSPS) is 16.6. The number of aliphatic hydroxyl groups excluding tert-OH is 1. The van der Waals surface area contributed by atoms with Gasteiger partial charge >= 0.3 is 0 Å². The lowest BCUT2D eigenvalue weighted by Crippen LogP contribution is -2.13. The van der Waals surface area contributed by atoms with E-state index in [0.717, 1.165) is 18.4 Å². The van der Waals surface area contributed by atoms with Crippen LogP contribution in [0.3, 0.4) is 0 Å². The van der Waals surface area contributed by atoms with Crippen molar-refractivity contribution in [2.45, 2.75) is 39.7 Å². The molecule has 1 N–H and O–H groups in total. The Balaban J connectivity index is 0.000000771. The van der Waals surface area contributed by atoms with Gasteiger partial charge in [0, 0.05) is 18.3 Å². The largest absolute Gasteiger partial charge is 0.388 e. The number of allylic oxidation sites excluding steroid dienone is 1. The summed E-state index contributed by atoms with van der Waals surface area (Å²) in [5, 5.41) is 10.2. The highest BCUT2D eigenvalue weighted by Crippen LogP contribution is 2.25. The lowest BCUT2D eigenvalue weighted by Gasteiger charge is -2.19. The number of hydrogen-bond acceptors (Lipinski definition) is 2. The number of nitrogens with zero attached hydrogens (tertiary/aromatic N) is 1. The molecule has 18 heavy (non-hydrogen) atoms. The standard InChI is InChI=1S/C14H17NO.C2H6/c1-11(10-13-8-5-9-15-13)14(16)12-6-3-2-4-7-12;1-2/h2-7,9,11,14,16H,8,10H2,1H3;1-2H3. The zero-order valence-electron chi connectivity index (χ0n) is 11.5. The van der Waals surface area contributed by atoms with Gasteiger partial charge in [0.15, 0.2) is 0 Å². The first kappa shape index (κ1) is 14.7. The molecule has 0 bridgehead atoms. The van der Waals surface area contributed by atoms with Crippen LogP contribution in [0.5, 0.6) is 0 Å². The molecule has 0 amide bonds. The minimum absolute atomic E-state index is 0.209. The molecule has 1 aromatic rings. The highest BCUT2D eigenvalue weighted by Gasteiger charge is 2.18. The summed E-state index contributed by atoms with van der Waals surface area (Å²) >= 11 is 0. The van der Waals surface area contributed by atoms with E-state index in [0.29, 0.717) is 0 Å². The first-order valence-corrected chi connectivity index (χ1v) is 6.71. The van der Waals surface area contributed by atoms with Crippen LogP contribution in [-0.2, 0) is 0 Å². The molecule has 1 aliphatic heterocycles. The third-order valence-electron chi connectivity index (χ3n) is 2.95. The molecule has 0 spiro atoms. The monoisotopic (exact) mass is 245 g/mol. The van der Waals surface area contributed by atoms with E-state index in [1.165, 1.54) is 5.71 Å². The van der Waals surface area contributed by atoms with Crippen molar-refractivity contribution >= 4 is 5.71 Å². The third-order valence-corrected chi connectivity index (χ3v) is 2.95. The fourth-order valence-electron chi connectivity index (χ4n) is 2.00. The third kappa shape index (κ3) is 4.11. The van der Waals surface area contributed by atoms with Crippen molar-refractivity contribution in [2.75, 3.05) is 0 Å². The van der Waals surface area contributed by atoms with Gasteiger partial charge in [-0.05, 0) is 17.9 Å². The molecular formula is C16H23NO. The Bertz CT molecular complexity index is 395. The fourth-order valence-corrected chi connectivity index (χ4v) is 2.00. The number of aliphatic hydroxyl groups is 1. The molecule has 1 aliphatic rings. The van der Waals surface area contributed by atoms with E-state index < -0.39 is 6.10 Å². The van der Waals surface area contributed by atoms with Gasteiger partial charge < -0.3 is 5.11 Å². The van der Waals surface area contributed by atoms with Crippen LogP contribution in [0, 0.1) is 5.92 Å². The van der Waals surface area contributed by atoms with Gasteiger partial charge in [0.1, 0.15) is 0 Å². The van der Waals surface area contributed by atoms with E-state index in [2.05, 4.69) is 18.0 Å². The Kier molecular flexibility index (Phi) is 6.37. The molecule has 1 heterocycles. The maximum Gasteiger partial charge on any atom is 0.0819 e. The van der Waals surface area contributed by atoms with E-state index >= 15 is 0 Å². The van der Waals surface area contributed by atoms with Gasteiger partial charge in [0.05, 0.1) is 6.10 Å². The minimum Gasteiger partial charge on any atom is -0.388 e. The van der Waals surface area contributed by atoms with Gasteiger partial charge in [-0.2, -0.15) is 0 Å². The van der Waals surface area contributed by atoms with E-state index in [4.69, 9.17) is 0 Å². The number of rotatable bonds is 4. The zero-order chi connectivity index (χ0) is 13.4. The number of aliphatic imine (C=N–C) groups is 1. The molecule has 2 atom stereocenters. The second-order valence-electron chi connectivity index (χ2n) is 4.32. The predicted octanol–water partition coefficient (Wildman–Crippen LogP) is 4.13. The SMILES string of the molecule is CC.CC(CC1=NC=CC1)C(O)c1ccccc1. The molecule has 2 unspecified atom stereocenters. The molecule has 0 fully saturated rings. The maximum absolute atomic E-state index is 10.2. The molecule has 0 saturated carbocycles. The van der Waals surface area contributed by atoms with Crippen LogP contribution >= 0.6 is 0 Å². The van der Waals surface area contributed by atoms with E-state index in [1.807, 2.05) is 50.4 Å². The summed E-state index contributed by atoms with van der Waals surface area (Å²) in [6.45, 7) is 6.07. The van der Waals surface area contributed by atoms with Gasteiger partial charge in [-0.1, -0.05) is 57.2 Å². The Morgan fingerprint density at radius 2 is 1.89 bits per heavy atom. The van der Waals surface area contributed by atoms with Gasteiger partial charge in [-0.15, -0.1) is 0 Å².